The highest BCUT2D eigenvalue weighted by Gasteiger charge is 2.26. The highest BCUT2D eigenvalue weighted by Crippen LogP contribution is 2.44. The van der Waals surface area contributed by atoms with Gasteiger partial charge in [0.15, 0.2) is 0 Å². The van der Waals surface area contributed by atoms with Gasteiger partial charge in [-0.05, 0) is 25.5 Å². The number of piperidine rings is 1. The molecule has 0 aromatic carbocycles. The van der Waals surface area contributed by atoms with Crippen molar-refractivity contribution in [1.82, 2.24) is 5.32 Å². The summed E-state index contributed by atoms with van der Waals surface area (Å²) in [5.74, 6) is -0.0987. The van der Waals surface area contributed by atoms with Crippen molar-refractivity contribution in [3.05, 3.63) is 4.88 Å². The van der Waals surface area contributed by atoms with Gasteiger partial charge >= 0.3 is 0 Å². The van der Waals surface area contributed by atoms with Crippen LogP contribution in [0.4, 0.5) is 10.7 Å². The number of carbonyl (C=O) groups is 1. The molecule has 0 radical (unpaired) electrons. The van der Waals surface area contributed by atoms with Gasteiger partial charge in [0, 0.05) is 19.6 Å². The van der Waals surface area contributed by atoms with Gasteiger partial charge < -0.3 is 21.1 Å². The molecule has 118 valence electrons. The number of aliphatic hydroxyl groups is 1. The predicted octanol–water partition coefficient (Wildman–Crippen LogP) is 2.15. The third-order valence-corrected chi connectivity index (χ3v) is 5.73. The second kappa shape index (κ2) is 7.38. The van der Waals surface area contributed by atoms with Crippen LogP contribution in [0.2, 0.25) is 0 Å². The van der Waals surface area contributed by atoms with Crippen LogP contribution in [-0.2, 0) is 0 Å². The fraction of sp³-hybridized carbons (Fsp3) is 0.643. The molecule has 1 saturated heterocycles. The number of hydrogen-bond donors (Lipinski definition) is 3. The van der Waals surface area contributed by atoms with Gasteiger partial charge in [-0.15, -0.1) is 23.1 Å². The Balaban J connectivity index is 2.27. The van der Waals surface area contributed by atoms with E-state index in [1.54, 1.807) is 11.8 Å². The predicted molar refractivity (Wildman–Crippen MR) is 90.6 cm³/mol. The van der Waals surface area contributed by atoms with E-state index in [9.17, 15) is 9.90 Å². The first-order valence-corrected chi connectivity index (χ1v) is 9.30. The van der Waals surface area contributed by atoms with E-state index in [0.717, 1.165) is 35.7 Å². The summed E-state index contributed by atoms with van der Waals surface area (Å²) in [6, 6.07) is 0. The maximum atomic E-state index is 12.2. The molecule has 21 heavy (non-hydrogen) atoms. The van der Waals surface area contributed by atoms with Crippen molar-refractivity contribution in [1.29, 1.82) is 0 Å². The first kappa shape index (κ1) is 16.5. The number of thiophene rings is 1. The van der Waals surface area contributed by atoms with Gasteiger partial charge in [-0.2, -0.15) is 0 Å². The third kappa shape index (κ3) is 3.64. The minimum atomic E-state index is -0.297. The molecule has 1 aromatic heterocycles. The summed E-state index contributed by atoms with van der Waals surface area (Å²) in [5.41, 5.74) is 6.73. The van der Waals surface area contributed by atoms with E-state index in [2.05, 4.69) is 10.2 Å². The summed E-state index contributed by atoms with van der Waals surface area (Å²) in [6.45, 7) is 4.19. The van der Waals surface area contributed by atoms with Crippen molar-refractivity contribution in [3.63, 3.8) is 0 Å². The zero-order valence-electron chi connectivity index (χ0n) is 12.5. The van der Waals surface area contributed by atoms with Crippen LogP contribution in [0.25, 0.3) is 0 Å². The average molecular weight is 329 g/mol. The molecule has 0 spiro atoms. The lowest BCUT2D eigenvalue weighted by molar-refractivity contribution is 0.0958. The second-order valence-corrected chi connectivity index (χ2v) is 7.00. The van der Waals surface area contributed by atoms with E-state index in [4.69, 9.17) is 5.73 Å². The molecular weight excluding hydrogens is 306 g/mol. The average Bonchev–Trinajstić information content (AvgIpc) is 2.81. The first-order valence-electron chi connectivity index (χ1n) is 7.25. The Morgan fingerprint density at radius 1 is 1.62 bits per heavy atom. The molecular formula is C14H23N3O2S2. The number of carbonyl (C=O) groups excluding carboxylic acids is 1. The van der Waals surface area contributed by atoms with Gasteiger partial charge in [-0.25, -0.2) is 0 Å². The molecule has 2 heterocycles. The molecule has 0 aliphatic carbocycles. The fourth-order valence-corrected chi connectivity index (χ4v) is 4.58. The lowest BCUT2D eigenvalue weighted by atomic mass is 10.1. The molecule has 1 aliphatic rings. The number of β-amino-alcohol motifs (C(OH)–C–C–N with tert-alkyl or cyclic N) is 1. The minimum absolute atomic E-state index is 0.0987. The quantitative estimate of drug-likeness (QED) is 0.722. The van der Waals surface area contributed by atoms with E-state index in [1.807, 2.05) is 13.2 Å². The molecule has 1 amide bonds. The van der Waals surface area contributed by atoms with Crippen molar-refractivity contribution in [2.45, 2.75) is 37.2 Å². The molecule has 2 rings (SSSR count). The van der Waals surface area contributed by atoms with E-state index in [1.165, 1.54) is 11.3 Å². The molecule has 7 heteroatoms. The van der Waals surface area contributed by atoms with Crippen molar-refractivity contribution < 1.29 is 9.90 Å². The van der Waals surface area contributed by atoms with Crippen LogP contribution < -0.4 is 16.0 Å². The van der Waals surface area contributed by atoms with Crippen LogP contribution in [0.15, 0.2) is 4.90 Å². The van der Waals surface area contributed by atoms with Crippen molar-refractivity contribution in [2.75, 3.05) is 36.5 Å². The number of rotatable bonds is 5. The molecule has 1 fully saturated rings. The van der Waals surface area contributed by atoms with Crippen LogP contribution in [-0.4, -0.2) is 43.0 Å². The monoisotopic (exact) mass is 329 g/mol. The number of nitrogens with two attached hydrogens (primary N) is 1. The largest absolute Gasteiger partial charge is 0.396 e. The molecule has 1 atom stereocenters. The van der Waals surface area contributed by atoms with Gasteiger partial charge in [-0.1, -0.05) is 6.92 Å². The minimum Gasteiger partial charge on any atom is -0.396 e. The second-order valence-electron chi connectivity index (χ2n) is 5.18. The van der Waals surface area contributed by atoms with Crippen LogP contribution in [0.1, 0.15) is 35.9 Å². The van der Waals surface area contributed by atoms with Crippen molar-refractivity contribution in [2.24, 2.45) is 0 Å². The number of anilines is 2. The topological polar surface area (TPSA) is 78.6 Å². The van der Waals surface area contributed by atoms with Gasteiger partial charge in [0.1, 0.15) is 9.88 Å². The summed E-state index contributed by atoms with van der Waals surface area (Å²) in [6.07, 6.45) is 4.38. The molecule has 0 bridgehead atoms. The lowest BCUT2D eigenvalue weighted by Crippen LogP contribution is -2.38. The van der Waals surface area contributed by atoms with Gasteiger partial charge in [0.25, 0.3) is 5.91 Å². The van der Waals surface area contributed by atoms with E-state index in [0.29, 0.717) is 23.7 Å². The highest BCUT2D eigenvalue weighted by atomic mass is 32.2. The zero-order valence-corrected chi connectivity index (χ0v) is 14.1. The number of hydrogen-bond acceptors (Lipinski definition) is 6. The summed E-state index contributed by atoms with van der Waals surface area (Å²) in [7, 11) is 0. The summed E-state index contributed by atoms with van der Waals surface area (Å²) in [5, 5.41) is 13.7. The Morgan fingerprint density at radius 3 is 3.00 bits per heavy atom. The zero-order chi connectivity index (χ0) is 15.4. The normalized spacial score (nSPS) is 18.8. The van der Waals surface area contributed by atoms with Crippen LogP contribution >= 0.6 is 23.1 Å². The summed E-state index contributed by atoms with van der Waals surface area (Å²) < 4.78 is 0. The number of thioether (sulfide) groups is 1. The number of amides is 1. The Labute approximate surface area is 133 Å². The van der Waals surface area contributed by atoms with Crippen LogP contribution in [0.5, 0.6) is 0 Å². The molecule has 4 N–H and O–H groups in total. The first-order chi connectivity index (χ1) is 10.1. The SMILES string of the molecule is CCCNC(=O)c1sc(N2CCCC(O)C2)c(SC)c1N. The highest BCUT2D eigenvalue weighted by molar-refractivity contribution is 7.99. The fourth-order valence-electron chi connectivity index (χ4n) is 2.45. The lowest BCUT2D eigenvalue weighted by Gasteiger charge is -2.31. The van der Waals surface area contributed by atoms with Crippen molar-refractivity contribution >= 4 is 39.7 Å². The van der Waals surface area contributed by atoms with Crippen LogP contribution in [0.3, 0.4) is 0 Å². The number of nitrogens with one attached hydrogen (secondary N) is 1. The number of aliphatic hydroxyl groups excluding tert-OH is 1. The molecule has 5 nitrogen and oxygen atoms in total. The van der Waals surface area contributed by atoms with Gasteiger partial charge in [0.05, 0.1) is 16.7 Å². The van der Waals surface area contributed by atoms with Gasteiger partial charge in [-0.3, -0.25) is 4.79 Å². The third-order valence-electron chi connectivity index (χ3n) is 3.51. The molecule has 1 unspecified atom stereocenters. The van der Waals surface area contributed by atoms with E-state index < -0.39 is 0 Å². The number of nitrogen functional groups attached to an aromatic ring is 1. The van der Waals surface area contributed by atoms with Gasteiger partial charge in [0.2, 0.25) is 0 Å². The Morgan fingerprint density at radius 2 is 2.38 bits per heavy atom. The maximum Gasteiger partial charge on any atom is 0.263 e. The van der Waals surface area contributed by atoms with E-state index >= 15 is 0 Å². The molecule has 0 saturated carbocycles. The number of nitrogens with zero attached hydrogens (tertiary/aromatic N) is 1. The molecule has 1 aromatic rings. The maximum absolute atomic E-state index is 12.2. The standard InChI is InChI=1S/C14H23N3O2S2/c1-3-6-16-13(19)11-10(15)12(20-2)14(21-11)17-7-4-5-9(18)8-17/h9,18H,3-8,15H2,1-2H3,(H,16,19). The Hall–Kier alpha value is -0.920. The molecule has 1 aliphatic heterocycles. The summed E-state index contributed by atoms with van der Waals surface area (Å²) >= 11 is 3.00. The smallest absolute Gasteiger partial charge is 0.263 e. The Kier molecular flexibility index (Phi) is 5.78. The summed E-state index contributed by atoms with van der Waals surface area (Å²) in [4.78, 5) is 15.9. The van der Waals surface area contributed by atoms with Crippen molar-refractivity contribution in [3.8, 4) is 0 Å². The van der Waals surface area contributed by atoms with E-state index in [-0.39, 0.29) is 12.0 Å². The van der Waals surface area contributed by atoms with Crippen LogP contribution in [0, 0.1) is 0 Å². The Bertz CT molecular complexity index is 505.